The minimum Gasteiger partial charge on any atom is -0.253 e. The molecular formula is C8H6BrClN4O2S2. The molecule has 2 rings (SSSR count). The van der Waals surface area contributed by atoms with Gasteiger partial charge in [-0.1, -0.05) is 22.9 Å². The molecule has 0 amide bonds. The second-order valence-corrected chi connectivity index (χ2v) is 7.28. The average molecular weight is 370 g/mol. The van der Waals surface area contributed by atoms with Crippen LogP contribution in [0.1, 0.15) is 5.01 Å². The van der Waals surface area contributed by atoms with Gasteiger partial charge < -0.3 is 0 Å². The van der Waals surface area contributed by atoms with E-state index < -0.39 is 10.0 Å². The molecule has 0 aromatic carbocycles. The summed E-state index contributed by atoms with van der Waals surface area (Å²) in [6, 6.07) is 1.37. The summed E-state index contributed by atoms with van der Waals surface area (Å²) in [5.41, 5.74) is 0. The van der Waals surface area contributed by atoms with Gasteiger partial charge in [0.2, 0.25) is 5.13 Å². The summed E-state index contributed by atoms with van der Waals surface area (Å²) in [5, 5.41) is 8.14. The van der Waals surface area contributed by atoms with Gasteiger partial charge in [-0.05, 0) is 28.9 Å². The fourth-order valence-electron chi connectivity index (χ4n) is 1.10. The van der Waals surface area contributed by atoms with Gasteiger partial charge in [0.15, 0.2) is 0 Å². The highest BCUT2D eigenvalue weighted by atomic mass is 79.9. The zero-order valence-corrected chi connectivity index (χ0v) is 12.9. The quantitative estimate of drug-likeness (QED) is 0.840. The zero-order valence-electron chi connectivity index (χ0n) is 8.89. The number of nitrogens with zero attached hydrogens (tertiary/aromatic N) is 3. The highest BCUT2D eigenvalue weighted by Crippen LogP contribution is 2.25. The highest BCUT2D eigenvalue weighted by Gasteiger charge is 2.21. The van der Waals surface area contributed by atoms with Gasteiger partial charge in [0.05, 0.1) is 0 Å². The first-order valence-corrected chi connectivity index (χ1v) is 7.99. The largest absolute Gasteiger partial charge is 0.266 e. The predicted molar refractivity (Wildman–Crippen MR) is 72.4 cm³/mol. The van der Waals surface area contributed by atoms with Crippen molar-refractivity contribution in [2.75, 3.05) is 4.72 Å². The summed E-state index contributed by atoms with van der Waals surface area (Å²) in [6.45, 7) is 1.73. The number of halogens is 2. The van der Waals surface area contributed by atoms with Crippen LogP contribution in [-0.4, -0.2) is 23.6 Å². The monoisotopic (exact) mass is 368 g/mol. The number of hydrogen-bond donors (Lipinski definition) is 1. The number of nitrogens with one attached hydrogen (secondary N) is 1. The Kier molecular flexibility index (Phi) is 3.85. The Labute approximate surface area is 121 Å². The van der Waals surface area contributed by atoms with Crippen LogP contribution in [0.5, 0.6) is 0 Å². The summed E-state index contributed by atoms with van der Waals surface area (Å²) < 4.78 is 26.9. The first-order valence-electron chi connectivity index (χ1n) is 4.52. The SMILES string of the molecule is Cc1nnc(NS(=O)(=O)c2cc(Br)cnc2Cl)s1. The first kappa shape index (κ1) is 13.7. The number of pyridine rings is 1. The smallest absolute Gasteiger partial charge is 0.253 e. The Balaban J connectivity index is 2.39. The summed E-state index contributed by atoms with van der Waals surface area (Å²) >= 11 is 10.0. The van der Waals surface area contributed by atoms with E-state index in [9.17, 15) is 8.42 Å². The van der Waals surface area contributed by atoms with E-state index in [1.165, 1.54) is 12.3 Å². The van der Waals surface area contributed by atoms with Crippen LogP contribution in [0.2, 0.25) is 5.15 Å². The van der Waals surface area contributed by atoms with Crippen molar-refractivity contribution in [2.45, 2.75) is 11.8 Å². The van der Waals surface area contributed by atoms with E-state index in [0.717, 1.165) is 11.3 Å². The topological polar surface area (TPSA) is 84.8 Å². The van der Waals surface area contributed by atoms with Crippen molar-refractivity contribution in [1.29, 1.82) is 0 Å². The van der Waals surface area contributed by atoms with Crippen LogP contribution in [0.3, 0.4) is 0 Å². The van der Waals surface area contributed by atoms with Gasteiger partial charge in [0.1, 0.15) is 15.1 Å². The Morgan fingerprint density at radius 3 is 2.78 bits per heavy atom. The summed E-state index contributed by atoms with van der Waals surface area (Å²) in [7, 11) is -3.82. The average Bonchev–Trinajstić information content (AvgIpc) is 2.66. The summed E-state index contributed by atoms with van der Waals surface area (Å²) in [4.78, 5) is 3.64. The molecule has 2 aromatic rings. The number of rotatable bonds is 3. The van der Waals surface area contributed by atoms with Crippen molar-refractivity contribution in [3.8, 4) is 0 Å². The Morgan fingerprint density at radius 2 is 2.17 bits per heavy atom. The van der Waals surface area contributed by atoms with Crippen molar-refractivity contribution in [3.63, 3.8) is 0 Å². The molecule has 96 valence electrons. The van der Waals surface area contributed by atoms with E-state index in [2.05, 4.69) is 35.8 Å². The highest BCUT2D eigenvalue weighted by molar-refractivity contribution is 9.10. The van der Waals surface area contributed by atoms with Crippen molar-refractivity contribution in [2.24, 2.45) is 0 Å². The lowest BCUT2D eigenvalue weighted by molar-refractivity contribution is 0.600. The maximum absolute atomic E-state index is 12.1. The van der Waals surface area contributed by atoms with Crippen molar-refractivity contribution in [1.82, 2.24) is 15.2 Å². The fraction of sp³-hybridized carbons (Fsp3) is 0.125. The summed E-state index contributed by atoms with van der Waals surface area (Å²) in [6.07, 6.45) is 1.41. The molecule has 0 aliphatic heterocycles. The van der Waals surface area contributed by atoms with Crippen molar-refractivity contribution in [3.05, 3.63) is 26.9 Å². The number of anilines is 1. The lowest BCUT2D eigenvalue weighted by Crippen LogP contribution is -2.13. The van der Waals surface area contributed by atoms with Crippen LogP contribution >= 0.6 is 38.9 Å². The molecule has 0 bridgehead atoms. The molecule has 1 N–H and O–H groups in total. The minimum absolute atomic E-state index is 0.105. The van der Waals surface area contributed by atoms with Crippen LogP contribution in [0.15, 0.2) is 21.6 Å². The number of aromatic nitrogens is 3. The van der Waals surface area contributed by atoms with E-state index >= 15 is 0 Å². The third-order valence-corrected chi connectivity index (χ3v) is 4.89. The van der Waals surface area contributed by atoms with Crippen molar-refractivity contribution < 1.29 is 8.42 Å². The molecule has 0 spiro atoms. The molecule has 18 heavy (non-hydrogen) atoms. The van der Waals surface area contributed by atoms with Gasteiger partial charge in [-0.15, -0.1) is 10.2 Å². The predicted octanol–water partition coefficient (Wildman–Crippen LogP) is 2.46. The minimum atomic E-state index is -3.82. The Morgan fingerprint density at radius 1 is 1.44 bits per heavy atom. The van der Waals surface area contributed by atoms with Gasteiger partial charge in [-0.3, -0.25) is 4.72 Å². The lowest BCUT2D eigenvalue weighted by Gasteiger charge is -2.06. The number of hydrogen-bond acceptors (Lipinski definition) is 6. The van der Waals surface area contributed by atoms with Gasteiger partial charge in [0, 0.05) is 10.7 Å². The Bertz CT molecular complexity index is 688. The molecule has 0 unspecified atom stereocenters. The normalized spacial score (nSPS) is 11.5. The molecule has 2 heterocycles. The third kappa shape index (κ3) is 2.97. The van der Waals surface area contributed by atoms with E-state index in [1.807, 2.05) is 0 Å². The maximum Gasteiger partial charge on any atom is 0.266 e. The van der Waals surface area contributed by atoms with E-state index in [-0.39, 0.29) is 15.2 Å². The van der Waals surface area contributed by atoms with E-state index in [4.69, 9.17) is 11.6 Å². The number of sulfonamides is 1. The van der Waals surface area contributed by atoms with Gasteiger partial charge in [-0.2, -0.15) is 0 Å². The van der Waals surface area contributed by atoms with Gasteiger partial charge in [0.25, 0.3) is 10.0 Å². The molecule has 0 aliphatic carbocycles. The maximum atomic E-state index is 12.1. The number of aryl methyl sites for hydroxylation is 1. The molecule has 6 nitrogen and oxygen atoms in total. The zero-order chi connectivity index (χ0) is 13.3. The molecule has 0 saturated carbocycles. The third-order valence-electron chi connectivity index (χ3n) is 1.81. The molecule has 10 heteroatoms. The first-order chi connectivity index (χ1) is 8.38. The molecule has 0 atom stereocenters. The van der Waals surface area contributed by atoms with E-state index in [1.54, 1.807) is 6.92 Å². The summed E-state index contributed by atoms with van der Waals surface area (Å²) in [5.74, 6) is 0. The molecule has 0 saturated heterocycles. The molecule has 0 fully saturated rings. The second kappa shape index (κ2) is 5.08. The fourth-order valence-corrected chi connectivity index (χ4v) is 3.87. The van der Waals surface area contributed by atoms with Crippen LogP contribution < -0.4 is 4.72 Å². The van der Waals surface area contributed by atoms with Crippen LogP contribution in [0.25, 0.3) is 0 Å². The standard InChI is InChI=1S/C8H6BrClN4O2S2/c1-4-12-13-8(17-4)14-18(15,16)6-2-5(9)3-11-7(6)10/h2-3H,1H3,(H,13,14). The molecule has 0 aliphatic rings. The van der Waals surface area contributed by atoms with Crippen LogP contribution in [-0.2, 0) is 10.0 Å². The lowest BCUT2D eigenvalue weighted by atomic mass is 10.5. The molecular weight excluding hydrogens is 364 g/mol. The Hall–Kier alpha value is -0.770. The van der Waals surface area contributed by atoms with E-state index in [0.29, 0.717) is 9.48 Å². The van der Waals surface area contributed by atoms with Crippen LogP contribution in [0.4, 0.5) is 5.13 Å². The van der Waals surface area contributed by atoms with Crippen molar-refractivity contribution >= 4 is 54.0 Å². The van der Waals surface area contributed by atoms with Crippen LogP contribution in [0, 0.1) is 6.92 Å². The molecule has 0 radical (unpaired) electrons. The second-order valence-electron chi connectivity index (χ2n) is 3.17. The molecule has 2 aromatic heterocycles. The van der Waals surface area contributed by atoms with Gasteiger partial charge >= 0.3 is 0 Å². The van der Waals surface area contributed by atoms with Gasteiger partial charge in [-0.25, -0.2) is 13.4 Å².